The van der Waals surface area contributed by atoms with Crippen LogP contribution >= 0.6 is 0 Å². The minimum absolute atomic E-state index is 0.556. The van der Waals surface area contributed by atoms with Crippen molar-refractivity contribution in [1.29, 1.82) is 0 Å². The Kier molecular flexibility index (Phi) is 1.05. The van der Waals surface area contributed by atoms with Crippen LogP contribution in [0.2, 0.25) is 0 Å². The molecule has 0 aromatic rings. The third kappa shape index (κ3) is 1.14. The minimum Gasteiger partial charge on any atom is -0.429 e. The lowest BCUT2D eigenvalue weighted by atomic mass is 10.2. The molecule has 1 aliphatic rings. The van der Waals surface area contributed by atoms with Gasteiger partial charge in [-0.1, -0.05) is 0 Å². The van der Waals surface area contributed by atoms with E-state index in [1.807, 2.05) is 0 Å². The quantitative estimate of drug-likeness (QED) is 0.338. The summed E-state index contributed by atoms with van der Waals surface area (Å²) in [5.41, 5.74) is 4.89. The van der Waals surface area contributed by atoms with E-state index < -0.39 is 5.72 Å². The van der Waals surface area contributed by atoms with Crippen LogP contribution in [0.4, 0.5) is 0 Å². The van der Waals surface area contributed by atoms with E-state index in [0.717, 1.165) is 25.7 Å². The first kappa shape index (κ1) is 5.06. The lowest BCUT2D eigenvalue weighted by Crippen LogP contribution is -2.35. The Hall–Kier alpha value is -0.0800. The summed E-state index contributed by atoms with van der Waals surface area (Å²) in [6.07, 6.45) is 4.10. The van der Waals surface area contributed by atoms with Gasteiger partial charge in [0, 0.05) is 12.8 Å². The van der Waals surface area contributed by atoms with Crippen molar-refractivity contribution in [3.8, 4) is 0 Å². The summed E-state index contributed by atoms with van der Waals surface area (Å²) in [6, 6.07) is 0. The zero-order chi connectivity index (χ0) is 5.33. The van der Waals surface area contributed by atoms with Crippen molar-refractivity contribution in [3.63, 3.8) is 0 Å². The molecular formula is C5H12NO+. The van der Waals surface area contributed by atoms with Crippen LogP contribution in [-0.2, 0) is 0 Å². The Labute approximate surface area is 43.3 Å². The van der Waals surface area contributed by atoms with Crippen LogP contribution in [0.5, 0.6) is 0 Å². The first-order valence-electron chi connectivity index (χ1n) is 2.75. The molecule has 1 saturated carbocycles. The lowest BCUT2D eigenvalue weighted by molar-refractivity contribution is 0.0549. The van der Waals surface area contributed by atoms with Crippen molar-refractivity contribution >= 4 is 0 Å². The fraction of sp³-hybridized carbons (Fsp3) is 1.00. The molecule has 0 unspecified atom stereocenters. The van der Waals surface area contributed by atoms with Gasteiger partial charge < -0.3 is 5.11 Å². The zero-order valence-electron chi connectivity index (χ0n) is 4.41. The third-order valence-corrected chi connectivity index (χ3v) is 1.50. The highest BCUT2D eigenvalue weighted by atomic mass is 16.3. The summed E-state index contributed by atoms with van der Waals surface area (Å²) in [4.78, 5) is 0. The van der Waals surface area contributed by atoms with Crippen molar-refractivity contribution < 1.29 is 5.11 Å². The average Bonchev–Trinajstić information content (AvgIpc) is 1.84. The Morgan fingerprint density at radius 3 is 1.86 bits per heavy atom. The van der Waals surface area contributed by atoms with Gasteiger partial charge in [0.2, 0.25) is 5.72 Å². The summed E-state index contributed by atoms with van der Waals surface area (Å²) >= 11 is 0. The largest absolute Gasteiger partial charge is 0.429 e. The lowest BCUT2D eigenvalue weighted by Gasteiger charge is -2.07. The van der Waals surface area contributed by atoms with Crippen molar-refractivity contribution in [2.24, 2.45) is 5.73 Å². The highest BCUT2D eigenvalue weighted by Gasteiger charge is 2.30. The number of nitrogens with two attached hydrogens (primary N) is 1. The predicted molar refractivity (Wildman–Crippen MR) is 29.0 cm³/mol. The maximum atomic E-state index is 7.26. The monoisotopic (exact) mass is 102 g/mol. The van der Waals surface area contributed by atoms with Crippen molar-refractivity contribution in [1.82, 2.24) is 0 Å². The average molecular weight is 102 g/mol. The van der Waals surface area contributed by atoms with E-state index in [9.17, 15) is 0 Å². The second kappa shape index (κ2) is 1.46. The van der Waals surface area contributed by atoms with Gasteiger partial charge in [0.1, 0.15) is 0 Å². The molecule has 0 amide bonds. The summed E-state index contributed by atoms with van der Waals surface area (Å²) in [5.74, 6) is 0. The van der Waals surface area contributed by atoms with Crippen LogP contribution in [0.25, 0.3) is 0 Å². The van der Waals surface area contributed by atoms with Crippen LogP contribution < -0.4 is 5.73 Å². The predicted octanol–water partition coefficient (Wildman–Crippen LogP) is -0.0600. The van der Waals surface area contributed by atoms with E-state index in [0.29, 0.717) is 0 Å². The minimum atomic E-state index is -0.556. The molecule has 4 N–H and O–H groups in total. The molecule has 2 nitrogen and oxygen atoms in total. The molecule has 42 valence electrons. The summed E-state index contributed by atoms with van der Waals surface area (Å²) in [7, 11) is 0. The number of hydrogen-bond donors (Lipinski definition) is 1. The standard InChI is InChI=1S/C5H11NO/c6-5(7)3-1-2-4-5/h7H,1-4,6H2/p+1. The summed E-state index contributed by atoms with van der Waals surface area (Å²) in [6.45, 7) is 0. The molecule has 0 atom stereocenters. The first-order valence-corrected chi connectivity index (χ1v) is 2.75. The number of hydrogen-bond acceptors (Lipinski definition) is 1. The maximum Gasteiger partial charge on any atom is 0.217 e. The Bertz CT molecular complexity index is 62.5. The molecule has 0 bridgehead atoms. The molecular weight excluding hydrogens is 90.1 g/mol. The van der Waals surface area contributed by atoms with Gasteiger partial charge in [-0.05, 0) is 12.8 Å². The molecule has 0 radical (unpaired) electrons. The van der Waals surface area contributed by atoms with Crippen molar-refractivity contribution in [2.75, 3.05) is 0 Å². The van der Waals surface area contributed by atoms with Gasteiger partial charge in [-0.15, -0.1) is 0 Å². The molecule has 2 heteroatoms. The van der Waals surface area contributed by atoms with E-state index >= 15 is 0 Å². The topological polar surface area (TPSA) is 48.9 Å². The van der Waals surface area contributed by atoms with Gasteiger partial charge in [0.25, 0.3) is 0 Å². The van der Waals surface area contributed by atoms with Crippen LogP contribution in [-0.4, -0.2) is 10.8 Å². The molecule has 1 fully saturated rings. The van der Waals surface area contributed by atoms with Gasteiger partial charge in [0.05, 0.1) is 0 Å². The van der Waals surface area contributed by atoms with E-state index in [4.69, 9.17) is 10.8 Å². The SMILES string of the molecule is NC1([OH2+])CCCC1. The normalized spacial score (nSPS) is 28.3. The highest BCUT2D eigenvalue weighted by Crippen LogP contribution is 2.23. The smallest absolute Gasteiger partial charge is 0.217 e. The van der Waals surface area contributed by atoms with Crippen molar-refractivity contribution in [2.45, 2.75) is 31.4 Å². The molecule has 0 saturated heterocycles. The van der Waals surface area contributed by atoms with Gasteiger partial charge in [-0.3, -0.25) is 5.73 Å². The molecule has 1 aliphatic carbocycles. The van der Waals surface area contributed by atoms with Crippen LogP contribution in [0.1, 0.15) is 25.7 Å². The first-order chi connectivity index (χ1) is 3.21. The highest BCUT2D eigenvalue weighted by molar-refractivity contribution is 4.76. The zero-order valence-corrected chi connectivity index (χ0v) is 4.41. The number of rotatable bonds is 0. The summed E-state index contributed by atoms with van der Waals surface area (Å²) < 4.78 is 0. The van der Waals surface area contributed by atoms with Crippen LogP contribution in [0.15, 0.2) is 0 Å². The Balaban J connectivity index is 2.40. The fourth-order valence-electron chi connectivity index (χ4n) is 1.01. The van der Waals surface area contributed by atoms with Gasteiger partial charge >= 0.3 is 0 Å². The van der Waals surface area contributed by atoms with Gasteiger partial charge in [0.15, 0.2) is 0 Å². The summed E-state index contributed by atoms with van der Waals surface area (Å²) in [5, 5.41) is 7.26. The Morgan fingerprint density at radius 2 is 1.71 bits per heavy atom. The molecule has 0 aliphatic heterocycles. The third-order valence-electron chi connectivity index (χ3n) is 1.50. The van der Waals surface area contributed by atoms with Gasteiger partial charge in [-0.25, -0.2) is 0 Å². The molecule has 7 heavy (non-hydrogen) atoms. The maximum absolute atomic E-state index is 7.26. The second-order valence-corrected chi connectivity index (χ2v) is 2.36. The van der Waals surface area contributed by atoms with E-state index in [1.54, 1.807) is 0 Å². The Morgan fingerprint density at radius 1 is 1.29 bits per heavy atom. The van der Waals surface area contributed by atoms with Crippen LogP contribution in [0, 0.1) is 0 Å². The second-order valence-electron chi connectivity index (χ2n) is 2.36. The molecule has 0 heterocycles. The molecule has 0 aromatic carbocycles. The van der Waals surface area contributed by atoms with E-state index in [1.165, 1.54) is 0 Å². The molecule has 0 spiro atoms. The van der Waals surface area contributed by atoms with E-state index in [2.05, 4.69) is 0 Å². The fourth-order valence-corrected chi connectivity index (χ4v) is 1.01. The van der Waals surface area contributed by atoms with E-state index in [-0.39, 0.29) is 0 Å². The molecule has 0 aromatic heterocycles. The van der Waals surface area contributed by atoms with Gasteiger partial charge in [-0.2, -0.15) is 0 Å². The molecule has 1 rings (SSSR count). The van der Waals surface area contributed by atoms with Crippen molar-refractivity contribution in [3.05, 3.63) is 0 Å². The van der Waals surface area contributed by atoms with Crippen LogP contribution in [0.3, 0.4) is 0 Å².